The molecule has 0 aliphatic heterocycles. The molecular formula is C12H10ClN3S. The first-order chi connectivity index (χ1) is 8.16. The molecule has 17 heavy (non-hydrogen) atoms. The maximum atomic E-state index is 6.01. The Balaban J connectivity index is 2.38. The van der Waals surface area contributed by atoms with Gasteiger partial charge in [-0.3, -0.25) is 0 Å². The Kier molecular flexibility index (Phi) is 3.76. The first-order valence-electron chi connectivity index (χ1n) is 4.99. The number of para-hydroxylation sites is 1. The van der Waals surface area contributed by atoms with Crippen molar-refractivity contribution in [2.75, 3.05) is 0 Å². The lowest BCUT2D eigenvalue weighted by atomic mass is 10.3. The van der Waals surface area contributed by atoms with E-state index >= 15 is 0 Å². The third-order valence-corrected chi connectivity index (χ3v) is 2.73. The van der Waals surface area contributed by atoms with Crippen LogP contribution in [-0.4, -0.2) is 15.0 Å². The minimum Gasteiger partial charge on any atom is -0.242 e. The highest BCUT2D eigenvalue weighted by atomic mass is 35.5. The maximum absolute atomic E-state index is 6.01. The molecule has 0 bridgehead atoms. The van der Waals surface area contributed by atoms with E-state index in [2.05, 4.69) is 27.6 Å². The van der Waals surface area contributed by atoms with Gasteiger partial charge in [-0.1, -0.05) is 23.7 Å². The molecule has 0 N–H and O–H groups in total. The summed E-state index contributed by atoms with van der Waals surface area (Å²) in [5.41, 5.74) is 1.36. The number of aliphatic imine (C=N–C) groups is 1. The Morgan fingerprint density at radius 1 is 1.29 bits per heavy atom. The molecule has 0 saturated carbocycles. The van der Waals surface area contributed by atoms with Crippen molar-refractivity contribution in [2.24, 2.45) is 4.99 Å². The second-order valence-corrected chi connectivity index (χ2v) is 4.21. The van der Waals surface area contributed by atoms with E-state index in [1.807, 2.05) is 25.1 Å². The van der Waals surface area contributed by atoms with Crippen LogP contribution >= 0.6 is 24.2 Å². The van der Waals surface area contributed by atoms with Gasteiger partial charge < -0.3 is 0 Å². The van der Waals surface area contributed by atoms with E-state index in [1.165, 1.54) is 0 Å². The zero-order valence-electron chi connectivity index (χ0n) is 9.13. The summed E-state index contributed by atoms with van der Waals surface area (Å²) < 4.78 is 0. The lowest BCUT2D eigenvalue weighted by Crippen LogP contribution is -1.98. The molecule has 0 fully saturated rings. The molecule has 0 unspecified atom stereocenters. The monoisotopic (exact) mass is 263 g/mol. The molecule has 0 aliphatic rings. The third kappa shape index (κ3) is 3.05. The van der Waals surface area contributed by atoms with Gasteiger partial charge in [0, 0.05) is 6.20 Å². The molecule has 0 aliphatic carbocycles. The summed E-state index contributed by atoms with van der Waals surface area (Å²) in [6.45, 7) is 1.82. The summed E-state index contributed by atoms with van der Waals surface area (Å²) in [6, 6.07) is 9.10. The Labute approximate surface area is 110 Å². The van der Waals surface area contributed by atoms with Crippen LogP contribution in [0.3, 0.4) is 0 Å². The normalized spacial score (nSPS) is 11.6. The van der Waals surface area contributed by atoms with Crippen LogP contribution in [0.4, 0.5) is 5.69 Å². The van der Waals surface area contributed by atoms with Crippen LogP contribution in [-0.2, 0) is 0 Å². The van der Waals surface area contributed by atoms with Gasteiger partial charge in [0.15, 0.2) is 0 Å². The fraction of sp³-hybridized carbons (Fsp3) is 0.0833. The molecule has 0 amide bonds. The molecule has 1 heterocycles. The van der Waals surface area contributed by atoms with Crippen molar-refractivity contribution in [1.29, 1.82) is 0 Å². The van der Waals surface area contributed by atoms with Crippen molar-refractivity contribution in [2.45, 2.75) is 6.92 Å². The number of thiol groups is 1. The van der Waals surface area contributed by atoms with Crippen LogP contribution in [0.2, 0.25) is 5.02 Å². The van der Waals surface area contributed by atoms with Crippen molar-refractivity contribution in [3.8, 4) is 0 Å². The van der Waals surface area contributed by atoms with Crippen molar-refractivity contribution in [1.82, 2.24) is 9.97 Å². The number of rotatable bonds is 2. The van der Waals surface area contributed by atoms with Gasteiger partial charge in [0.05, 0.1) is 16.4 Å². The summed E-state index contributed by atoms with van der Waals surface area (Å²) in [5, 5.41) is 1.11. The van der Waals surface area contributed by atoms with E-state index in [4.69, 9.17) is 11.6 Å². The van der Waals surface area contributed by atoms with Crippen LogP contribution in [0.5, 0.6) is 0 Å². The average Bonchev–Trinajstić information content (AvgIpc) is 2.32. The minimum absolute atomic E-state index is 0.517. The van der Waals surface area contributed by atoms with E-state index in [1.54, 1.807) is 18.3 Å². The molecule has 0 saturated heterocycles. The first-order valence-corrected chi connectivity index (χ1v) is 5.81. The first kappa shape index (κ1) is 12.1. The summed E-state index contributed by atoms with van der Waals surface area (Å²) in [6.07, 6.45) is 1.68. The molecule has 2 rings (SSSR count). The zero-order valence-corrected chi connectivity index (χ0v) is 10.8. The van der Waals surface area contributed by atoms with E-state index in [0.29, 0.717) is 27.3 Å². The van der Waals surface area contributed by atoms with Gasteiger partial charge in [-0.15, -0.1) is 12.6 Å². The maximum Gasteiger partial charge on any atom is 0.125 e. The summed E-state index contributed by atoms with van der Waals surface area (Å²) in [5.74, 6) is 0.684. The van der Waals surface area contributed by atoms with E-state index in [9.17, 15) is 0 Å². The van der Waals surface area contributed by atoms with Gasteiger partial charge in [-0.25, -0.2) is 15.0 Å². The highest BCUT2D eigenvalue weighted by Crippen LogP contribution is 2.24. The number of aromatic nitrogens is 2. The van der Waals surface area contributed by atoms with Crippen LogP contribution in [0.1, 0.15) is 11.5 Å². The fourth-order valence-electron chi connectivity index (χ4n) is 1.29. The standard InChI is InChI=1S/C12H10ClN3S/c1-8-14-7-6-11(15-8)12(17)16-10-5-3-2-4-9(10)13/h2-7H,1H3,(H,16,17). The highest BCUT2D eigenvalue weighted by molar-refractivity contribution is 7.97. The zero-order chi connectivity index (χ0) is 12.3. The third-order valence-electron chi connectivity index (χ3n) is 2.08. The number of hydrogen-bond acceptors (Lipinski definition) is 3. The SMILES string of the molecule is Cc1nccc(/C(S)=N\c2ccccc2Cl)n1. The Morgan fingerprint density at radius 3 is 2.76 bits per heavy atom. The Morgan fingerprint density at radius 2 is 2.06 bits per heavy atom. The van der Waals surface area contributed by atoms with Gasteiger partial charge in [0.1, 0.15) is 10.9 Å². The van der Waals surface area contributed by atoms with Crippen molar-refractivity contribution in [3.05, 3.63) is 53.1 Å². The van der Waals surface area contributed by atoms with Crippen molar-refractivity contribution >= 4 is 35.0 Å². The molecule has 1 aromatic carbocycles. The lowest BCUT2D eigenvalue weighted by Gasteiger charge is -2.01. The van der Waals surface area contributed by atoms with Crippen LogP contribution < -0.4 is 0 Å². The predicted octanol–water partition coefficient (Wildman–Crippen LogP) is 3.45. The van der Waals surface area contributed by atoms with Crippen molar-refractivity contribution < 1.29 is 0 Å². The van der Waals surface area contributed by atoms with E-state index in [-0.39, 0.29) is 0 Å². The second-order valence-electron chi connectivity index (χ2n) is 3.38. The Bertz CT molecular complexity index is 569. The highest BCUT2D eigenvalue weighted by Gasteiger charge is 2.03. The van der Waals surface area contributed by atoms with Gasteiger partial charge in [-0.05, 0) is 25.1 Å². The van der Waals surface area contributed by atoms with Crippen molar-refractivity contribution in [3.63, 3.8) is 0 Å². The number of benzene rings is 1. The van der Waals surface area contributed by atoms with E-state index < -0.39 is 0 Å². The number of hydrogen-bond donors (Lipinski definition) is 1. The van der Waals surface area contributed by atoms with Gasteiger partial charge in [0.25, 0.3) is 0 Å². The molecule has 0 spiro atoms. The average molecular weight is 264 g/mol. The summed E-state index contributed by atoms with van der Waals surface area (Å²) >= 11 is 10.3. The quantitative estimate of drug-likeness (QED) is 0.512. The van der Waals surface area contributed by atoms with E-state index in [0.717, 1.165) is 0 Å². The molecular weight excluding hydrogens is 254 g/mol. The van der Waals surface area contributed by atoms with Crippen LogP contribution in [0.15, 0.2) is 41.5 Å². The lowest BCUT2D eigenvalue weighted by molar-refractivity contribution is 1.04. The van der Waals surface area contributed by atoms with Gasteiger partial charge >= 0.3 is 0 Å². The summed E-state index contributed by atoms with van der Waals surface area (Å²) in [7, 11) is 0. The minimum atomic E-state index is 0.517. The molecule has 3 nitrogen and oxygen atoms in total. The molecule has 5 heteroatoms. The number of aryl methyl sites for hydroxylation is 1. The van der Waals surface area contributed by atoms with Gasteiger partial charge in [-0.2, -0.15) is 0 Å². The molecule has 2 aromatic rings. The molecule has 1 aromatic heterocycles. The van der Waals surface area contributed by atoms with Gasteiger partial charge in [0.2, 0.25) is 0 Å². The fourth-order valence-corrected chi connectivity index (χ4v) is 1.70. The molecule has 0 atom stereocenters. The molecule has 86 valence electrons. The Hall–Kier alpha value is -1.39. The van der Waals surface area contributed by atoms with Crippen LogP contribution in [0.25, 0.3) is 0 Å². The smallest absolute Gasteiger partial charge is 0.125 e. The largest absolute Gasteiger partial charge is 0.242 e. The topological polar surface area (TPSA) is 38.1 Å². The molecule has 0 radical (unpaired) electrons. The number of halogens is 1. The van der Waals surface area contributed by atoms with Crippen LogP contribution in [0, 0.1) is 6.92 Å². The second kappa shape index (κ2) is 5.29. The predicted molar refractivity (Wildman–Crippen MR) is 73.4 cm³/mol. The number of nitrogens with zero attached hydrogens (tertiary/aromatic N) is 3. The summed E-state index contributed by atoms with van der Waals surface area (Å²) in [4.78, 5) is 12.6.